The third-order valence-corrected chi connectivity index (χ3v) is 8.87. The largest absolute Gasteiger partial charge is 0.507 e. The summed E-state index contributed by atoms with van der Waals surface area (Å²) in [5, 5.41) is 21.1. The molecule has 0 aliphatic heterocycles. The predicted octanol–water partition coefficient (Wildman–Crippen LogP) is 7.16. The van der Waals surface area contributed by atoms with Crippen molar-refractivity contribution in [2.45, 2.75) is 111 Å². The van der Waals surface area contributed by atoms with E-state index in [4.69, 9.17) is 18.9 Å². The number of hydrogen-bond donors (Lipinski definition) is 2. The molecule has 0 unspecified atom stereocenters. The van der Waals surface area contributed by atoms with Gasteiger partial charge in [-0.25, -0.2) is 0 Å². The molecule has 3 rings (SSSR count). The summed E-state index contributed by atoms with van der Waals surface area (Å²) in [5.41, 5.74) is 5.20. The second kappa shape index (κ2) is 17.2. The maximum Gasteiger partial charge on any atom is 0.306 e. The van der Waals surface area contributed by atoms with Gasteiger partial charge in [0.2, 0.25) is 0 Å². The average molecular weight is 641 g/mol. The van der Waals surface area contributed by atoms with E-state index >= 15 is 0 Å². The van der Waals surface area contributed by atoms with Crippen LogP contribution in [0.4, 0.5) is 0 Å². The number of aryl methyl sites for hydroxylation is 4. The summed E-state index contributed by atoms with van der Waals surface area (Å²) in [6.07, 6.45) is 6.52. The van der Waals surface area contributed by atoms with Gasteiger partial charge in [0.1, 0.15) is 24.7 Å². The minimum Gasteiger partial charge on any atom is -0.507 e. The maximum absolute atomic E-state index is 12.3. The number of aromatic hydroxyl groups is 2. The first-order valence-electron chi connectivity index (χ1n) is 16.8. The summed E-state index contributed by atoms with van der Waals surface area (Å²) >= 11 is 0. The number of ether oxygens (including phenoxy) is 4. The lowest BCUT2D eigenvalue weighted by molar-refractivity contribution is -0.146. The molecule has 0 atom stereocenters. The van der Waals surface area contributed by atoms with Gasteiger partial charge in [-0.2, -0.15) is 0 Å². The fourth-order valence-corrected chi connectivity index (χ4v) is 6.00. The van der Waals surface area contributed by atoms with E-state index in [0.717, 1.165) is 45.7 Å². The van der Waals surface area contributed by atoms with Gasteiger partial charge in [0, 0.05) is 18.4 Å². The van der Waals surface area contributed by atoms with Gasteiger partial charge >= 0.3 is 11.9 Å². The van der Waals surface area contributed by atoms with Gasteiger partial charge in [0.05, 0.1) is 26.4 Å². The monoisotopic (exact) mass is 640 g/mol. The first-order valence-corrected chi connectivity index (χ1v) is 16.8. The van der Waals surface area contributed by atoms with Crippen LogP contribution in [0.1, 0.15) is 107 Å². The molecule has 2 aromatic carbocycles. The van der Waals surface area contributed by atoms with E-state index in [1.54, 1.807) is 0 Å². The van der Waals surface area contributed by atoms with Crippen molar-refractivity contribution < 1.29 is 38.7 Å². The zero-order chi connectivity index (χ0) is 33.9. The summed E-state index contributed by atoms with van der Waals surface area (Å²) in [6, 6.07) is 7.88. The van der Waals surface area contributed by atoms with E-state index in [9.17, 15) is 19.8 Å². The van der Waals surface area contributed by atoms with Crippen molar-refractivity contribution in [1.82, 2.24) is 0 Å². The van der Waals surface area contributed by atoms with Crippen LogP contribution in [0.25, 0.3) is 0 Å². The van der Waals surface area contributed by atoms with Crippen LogP contribution in [0.5, 0.6) is 11.5 Å². The Morgan fingerprint density at radius 1 is 0.696 bits per heavy atom. The van der Waals surface area contributed by atoms with Gasteiger partial charge < -0.3 is 29.2 Å². The van der Waals surface area contributed by atoms with E-state index in [1.165, 1.54) is 19.3 Å². The molecule has 2 N–H and O–H groups in total. The molecule has 1 aliphatic carbocycles. The Morgan fingerprint density at radius 2 is 1.13 bits per heavy atom. The number of phenols is 2. The molecule has 0 saturated heterocycles. The van der Waals surface area contributed by atoms with Crippen LogP contribution in [0.3, 0.4) is 0 Å². The van der Waals surface area contributed by atoms with Crippen molar-refractivity contribution in [2.24, 2.45) is 5.92 Å². The van der Waals surface area contributed by atoms with E-state index in [0.29, 0.717) is 37.6 Å². The molecule has 1 saturated carbocycles. The molecule has 46 heavy (non-hydrogen) atoms. The fourth-order valence-electron chi connectivity index (χ4n) is 6.00. The lowest BCUT2D eigenvalue weighted by Gasteiger charge is -2.35. The van der Waals surface area contributed by atoms with Gasteiger partial charge in [0.15, 0.2) is 0 Å². The van der Waals surface area contributed by atoms with Crippen LogP contribution < -0.4 is 0 Å². The Morgan fingerprint density at radius 3 is 1.57 bits per heavy atom. The highest BCUT2D eigenvalue weighted by molar-refractivity contribution is 5.70. The zero-order valence-corrected chi connectivity index (χ0v) is 29.1. The highest BCUT2D eigenvalue weighted by Crippen LogP contribution is 2.43. The molecular weight excluding hydrogens is 584 g/mol. The first kappa shape index (κ1) is 37.4. The molecule has 0 heterocycles. The van der Waals surface area contributed by atoms with E-state index in [2.05, 4.69) is 19.9 Å². The molecule has 2 aromatic rings. The highest BCUT2D eigenvalue weighted by atomic mass is 16.6. The van der Waals surface area contributed by atoms with Crippen LogP contribution in [0.2, 0.25) is 0 Å². The van der Waals surface area contributed by atoms with Gasteiger partial charge in [-0.05, 0) is 77.7 Å². The number of esters is 2. The van der Waals surface area contributed by atoms with Crippen molar-refractivity contribution in [3.63, 3.8) is 0 Å². The lowest BCUT2D eigenvalue weighted by Crippen LogP contribution is -2.25. The quantitative estimate of drug-likeness (QED) is 0.130. The maximum atomic E-state index is 12.3. The number of rotatable bonds is 18. The molecule has 0 radical (unpaired) electrons. The summed E-state index contributed by atoms with van der Waals surface area (Å²) in [7, 11) is 0. The van der Waals surface area contributed by atoms with Gasteiger partial charge in [-0.3, -0.25) is 9.59 Å². The summed E-state index contributed by atoms with van der Waals surface area (Å²) < 4.78 is 21.6. The molecular formula is C38H56O8. The minimum atomic E-state index is -0.293. The summed E-state index contributed by atoms with van der Waals surface area (Å²) in [5.74, 6) is 0.832. The molecule has 0 aromatic heterocycles. The topological polar surface area (TPSA) is 112 Å². The van der Waals surface area contributed by atoms with Gasteiger partial charge in [-0.1, -0.05) is 78.1 Å². The van der Waals surface area contributed by atoms with E-state index < -0.39 is 0 Å². The van der Waals surface area contributed by atoms with Crippen LogP contribution in [-0.2, 0) is 52.2 Å². The highest BCUT2D eigenvalue weighted by Gasteiger charge is 2.31. The second-order valence-corrected chi connectivity index (χ2v) is 14.4. The summed E-state index contributed by atoms with van der Waals surface area (Å²) in [4.78, 5) is 24.5. The number of carbonyl (C=O) groups is 2. The van der Waals surface area contributed by atoms with E-state index in [1.807, 2.05) is 52.8 Å². The predicted molar refractivity (Wildman–Crippen MR) is 180 cm³/mol. The van der Waals surface area contributed by atoms with Crippen LogP contribution in [-0.4, -0.2) is 61.8 Å². The second-order valence-electron chi connectivity index (χ2n) is 14.4. The first-order chi connectivity index (χ1) is 21.7. The standard InChI is InChI=1S/C38H56O8/c1-26-21-29(23-31(35(26)41)37(3,4)5)11-13-33(39)45-19-17-43-15-16-44-18-20-46-34(40)14-12-30-22-27(2)36(42)32(24-30)38(6,7)25-28-9-8-10-28/h21-24,28,41-42H,8-20,25H2,1-7H3. The van der Waals surface area contributed by atoms with Crippen molar-refractivity contribution in [1.29, 1.82) is 0 Å². The van der Waals surface area contributed by atoms with Gasteiger partial charge in [-0.15, -0.1) is 0 Å². The van der Waals surface area contributed by atoms with Crippen molar-refractivity contribution in [3.8, 4) is 11.5 Å². The molecule has 256 valence electrons. The average Bonchev–Trinajstić information content (AvgIpc) is 2.96. The third kappa shape index (κ3) is 11.6. The smallest absolute Gasteiger partial charge is 0.306 e. The summed E-state index contributed by atoms with van der Waals surface area (Å²) in [6.45, 7) is 15.9. The molecule has 8 heteroatoms. The molecule has 8 nitrogen and oxygen atoms in total. The molecule has 1 fully saturated rings. The Hall–Kier alpha value is -3.10. The number of hydrogen-bond acceptors (Lipinski definition) is 8. The molecule has 0 amide bonds. The fraction of sp³-hybridized carbons (Fsp3) is 0.632. The molecule has 0 spiro atoms. The lowest BCUT2D eigenvalue weighted by atomic mass is 9.70. The van der Waals surface area contributed by atoms with E-state index in [-0.39, 0.29) is 62.0 Å². The Balaban J connectivity index is 1.23. The minimum absolute atomic E-state index is 0.117. The zero-order valence-electron chi connectivity index (χ0n) is 29.1. The number of benzene rings is 2. The Labute approximate surface area is 275 Å². The number of phenolic OH excluding ortho intramolecular Hbond substituents is 2. The molecule has 1 aliphatic rings. The SMILES string of the molecule is Cc1cc(CCC(=O)OCCOCCOCCOC(=O)CCc2cc(C)c(O)c(C(C)(C)CC3CCC3)c2)cc(C(C)(C)C)c1O. The Bertz CT molecular complexity index is 1300. The van der Waals surface area contributed by atoms with Crippen molar-refractivity contribution in [2.75, 3.05) is 39.6 Å². The Kier molecular flexibility index (Phi) is 13.9. The third-order valence-electron chi connectivity index (χ3n) is 8.87. The molecule has 0 bridgehead atoms. The van der Waals surface area contributed by atoms with Crippen molar-refractivity contribution in [3.05, 3.63) is 57.6 Å². The van der Waals surface area contributed by atoms with Crippen LogP contribution in [0, 0.1) is 19.8 Å². The van der Waals surface area contributed by atoms with Crippen LogP contribution in [0.15, 0.2) is 24.3 Å². The van der Waals surface area contributed by atoms with Gasteiger partial charge in [0.25, 0.3) is 0 Å². The normalized spacial score (nSPS) is 13.8. The van der Waals surface area contributed by atoms with Crippen LogP contribution >= 0.6 is 0 Å². The number of carbonyl (C=O) groups excluding carboxylic acids is 2. The van der Waals surface area contributed by atoms with Crippen molar-refractivity contribution >= 4 is 11.9 Å².